The average molecular weight is 330 g/mol. The first-order valence-corrected chi connectivity index (χ1v) is 8.39. The molecule has 1 aliphatic rings. The minimum absolute atomic E-state index is 0.0525. The predicted octanol–water partition coefficient (Wildman–Crippen LogP) is 2.59. The standard InChI is InChI=1S/C18H22N2O4/c1-11(2)9-16(21)20-7-5-12(6-8-20)17(22)13-3-4-14-15(10-13)24-18(23)19-14/h3-4,10-12H,5-9H2,1-2H3,(H,19,23). The Morgan fingerprint density at radius 2 is 2.00 bits per heavy atom. The quantitative estimate of drug-likeness (QED) is 0.873. The molecule has 0 aliphatic carbocycles. The summed E-state index contributed by atoms with van der Waals surface area (Å²) < 4.78 is 5.02. The molecule has 1 aromatic heterocycles. The summed E-state index contributed by atoms with van der Waals surface area (Å²) in [6.07, 6.45) is 1.91. The summed E-state index contributed by atoms with van der Waals surface area (Å²) in [5.41, 5.74) is 1.54. The van der Waals surface area contributed by atoms with Crippen molar-refractivity contribution in [2.75, 3.05) is 13.1 Å². The number of piperidine rings is 1. The SMILES string of the molecule is CC(C)CC(=O)N1CCC(C(=O)c2ccc3[nH]c(=O)oc3c2)CC1. The first kappa shape index (κ1) is 16.5. The van der Waals surface area contributed by atoms with Crippen LogP contribution in [0.4, 0.5) is 0 Å². The summed E-state index contributed by atoms with van der Waals surface area (Å²) in [7, 11) is 0. The predicted molar refractivity (Wildman–Crippen MR) is 89.9 cm³/mol. The number of nitrogens with zero attached hydrogens (tertiary/aromatic N) is 1. The lowest BCUT2D eigenvalue weighted by molar-refractivity contribution is -0.133. The van der Waals surface area contributed by atoms with Gasteiger partial charge in [0, 0.05) is 31.0 Å². The number of carbonyl (C=O) groups is 2. The molecule has 6 nitrogen and oxygen atoms in total. The fourth-order valence-corrected chi connectivity index (χ4v) is 3.20. The van der Waals surface area contributed by atoms with Crippen LogP contribution in [0.25, 0.3) is 11.1 Å². The average Bonchev–Trinajstić information content (AvgIpc) is 2.92. The van der Waals surface area contributed by atoms with E-state index in [0.29, 0.717) is 54.9 Å². The highest BCUT2D eigenvalue weighted by Gasteiger charge is 2.28. The fourth-order valence-electron chi connectivity index (χ4n) is 3.20. The van der Waals surface area contributed by atoms with Crippen molar-refractivity contribution in [2.45, 2.75) is 33.1 Å². The summed E-state index contributed by atoms with van der Waals surface area (Å²) in [6.45, 7) is 5.32. The topological polar surface area (TPSA) is 83.4 Å². The molecule has 128 valence electrons. The van der Waals surface area contributed by atoms with E-state index >= 15 is 0 Å². The van der Waals surface area contributed by atoms with Crippen molar-refractivity contribution in [3.8, 4) is 0 Å². The van der Waals surface area contributed by atoms with E-state index in [9.17, 15) is 14.4 Å². The zero-order chi connectivity index (χ0) is 17.3. The Labute approximate surface area is 139 Å². The van der Waals surface area contributed by atoms with Crippen LogP contribution in [0.3, 0.4) is 0 Å². The van der Waals surface area contributed by atoms with Crippen LogP contribution in [0.1, 0.15) is 43.5 Å². The normalized spacial score (nSPS) is 16.0. The van der Waals surface area contributed by atoms with Crippen LogP contribution in [-0.4, -0.2) is 34.7 Å². The van der Waals surface area contributed by atoms with Crippen molar-refractivity contribution in [3.63, 3.8) is 0 Å². The number of rotatable bonds is 4. The van der Waals surface area contributed by atoms with Crippen LogP contribution >= 0.6 is 0 Å². The molecule has 1 amide bonds. The molecular formula is C18H22N2O4. The number of H-pyrrole nitrogens is 1. The van der Waals surface area contributed by atoms with Gasteiger partial charge in [-0.3, -0.25) is 14.6 Å². The third-order valence-corrected chi connectivity index (χ3v) is 4.51. The second-order valence-corrected chi connectivity index (χ2v) is 6.84. The molecule has 1 aliphatic heterocycles. The number of carbonyl (C=O) groups excluding carboxylic acids is 2. The molecule has 1 saturated heterocycles. The highest BCUT2D eigenvalue weighted by atomic mass is 16.4. The van der Waals surface area contributed by atoms with Crippen LogP contribution in [-0.2, 0) is 4.79 Å². The summed E-state index contributed by atoms with van der Waals surface area (Å²) >= 11 is 0. The third kappa shape index (κ3) is 3.42. The number of ketones is 1. The van der Waals surface area contributed by atoms with Crippen LogP contribution in [0, 0.1) is 11.8 Å². The monoisotopic (exact) mass is 330 g/mol. The van der Waals surface area contributed by atoms with Crippen LogP contribution < -0.4 is 5.76 Å². The zero-order valence-corrected chi connectivity index (χ0v) is 14.0. The molecule has 1 aromatic carbocycles. The molecule has 0 saturated carbocycles. The number of Topliss-reactive ketones (excluding diaryl/α,β-unsaturated/α-hetero) is 1. The van der Waals surface area contributed by atoms with Gasteiger partial charge in [-0.25, -0.2) is 4.79 Å². The second kappa shape index (κ2) is 6.63. The van der Waals surface area contributed by atoms with E-state index in [4.69, 9.17) is 4.42 Å². The maximum atomic E-state index is 12.7. The Bertz CT molecular complexity index is 810. The van der Waals surface area contributed by atoms with Crippen LogP contribution in [0.15, 0.2) is 27.4 Å². The van der Waals surface area contributed by atoms with Crippen molar-refractivity contribution >= 4 is 22.8 Å². The van der Waals surface area contributed by atoms with E-state index in [-0.39, 0.29) is 17.6 Å². The van der Waals surface area contributed by atoms with Crippen molar-refractivity contribution in [2.24, 2.45) is 11.8 Å². The Morgan fingerprint density at radius 3 is 2.67 bits per heavy atom. The van der Waals surface area contributed by atoms with Crippen LogP contribution in [0.2, 0.25) is 0 Å². The summed E-state index contributed by atoms with van der Waals surface area (Å²) in [5.74, 6) is -0.0366. The van der Waals surface area contributed by atoms with Gasteiger partial charge in [0.25, 0.3) is 0 Å². The molecule has 0 radical (unpaired) electrons. The number of benzene rings is 1. The molecule has 24 heavy (non-hydrogen) atoms. The summed E-state index contributed by atoms with van der Waals surface area (Å²) in [6, 6.07) is 5.02. The minimum atomic E-state index is -0.522. The maximum Gasteiger partial charge on any atom is 0.417 e. The third-order valence-electron chi connectivity index (χ3n) is 4.51. The molecular weight excluding hydrogens is 308 g/mol. The van der Waals surface area contributed by atoms with Crippen molar-refractivity contribution in [1.29, 1.82) is 0 Å². The fraction of sp³-hybridized carbons (Fsp3) is 0.500. The number of fused-ring (bicyclic) bond motifs is 1. The number of nitrogens with one attached hydrogen (secondary N) is 1. The van der Waals surface area contributed by atoms with Crippen LogP contribution in [0.5, 0.6) is 0 Å². The van der Waals surface area contributed by atoms with Gasteiger partial charge in [-0.05, 0) is 37.0 Å². The number of aromatic amines is 1. The molecule has 2 aromatic rings. The van der Waals surface area contributed by atoms with Gasteiger partial charge in [0.05, 0.1) is 5.52 Å². The lowest BCUT2D eigenvalue weighted by Gasteiger charge is -2.31. The molecule has 0 spiro atoms. The Balaban J connectivity index is 1.65. The summed E-state index contributed by atoms with van der Waals surface area (Å²) in [5, 5.41) is 0. The molecule has 6 heteroatoms. The first-order chi connectivity index (χ1) is 11.4. The number of amides is 1. The number of likely N-dealkylation sites (tertiary alicyclic amines) is 1. The Hall–Kier alpha value is -2.37. The van der Waals surface area contributed by atoms with Gasteiger partial charge in [0.1, 0.15) is 0 Å². The Morgan fingerprint density at radius 1 is 1.29 bits per heavy atom. The molecule has 0 bridgehead atoms. The largest absolute Gasteiger partial charge is 0.417 e. The lowest BCUT2D eigenvalue weighted by Crippen LogP contribution is -2.40. The van der Waals surface area contributed by atoms with E-state index in [1.165, 1.54) is 0 Å². The number of hydrogen-bond acceptors (Lipinski definition) is 4. The number of oxazole rings is 1. The van der Waals surface area contributed by atoms with E-state index < -0.39 is 5.76 Å². The van der Waals surface area contributed by atoms with Crippen molar-refractivity contribution in [3.05, 3.63) is 34.3 Å². The molecule has 3 rings (SSSR count). The lowest BCUT2D eigenvalue weighted by atomic mass is 9.88. The highest BCUT2D eigenvalue weighted by molar-refractivity contribution is 6.00. The van der Waals surface area contributed by atoms with Crippen molar-refractivity contribution < 1.29 is 14.0 Å². The van der Waals surface area contributed by atoms with Gasteiger partial charge in [0.15, 0.2) is 11.4 Å². The van der Waals surface area contributed by atoms with Gasteiger partial charge < -0.3 is 9.32 Å². The summed E-state index contributed by atoms with van der Waals surface area (Å²) in [4.78, 5) is 40.4. The van der Waals surface area contributed by atoms with Gasteiger partial charge in [-0.2, -0.15) is 0 Å². The molecule has 0 atom stereocenters. The molecule has 2 heterocycles. The minimum Gasteiger partial charge on any atom is -0.408 e. The van der Waals surface area contributed by atoms with E-state index in [2.05, 4.69) is 4.98 Å². The number of aromatic nitrogens is 1. The van der Waals surface area contributed by atoms with E-state index in [0.717, 1.165) is 0 Å². The van der Waals surface area contributed by atoms with Gasteiger partial charge >= 0.3 is 5.76 Å². The highest BCUT2D eigenvalue weighted by Crippen LogP contribution is 2.24. The molecule has 0 unspecified atom stereocenters. The maximum absolute atomic E-state index is 12.7. The Kier molecular flexibility index (Phi) is 4.55. The number of hydrogen-bond donors (Lipinski definition) is 1. The smallest absolute Gasteiger partial charge is 0.408 e. The molecule has 1 N–H and O–H groups in total. The molecule has 1 fully saturated rings. The van der Waals surface area contributed by atoms with Gasteiger partial charge in [-0.1, -0.05) is 13.8 Å². The van der Waals surface area contributed by atoms with E-state index in [1.54, 1.807) is 18.2 Å². The second-order valence-electron chi connectivity index (χ2n) is 6.84. The van der Waals surface area contributed by atoms with Gasteiger partial charge in [-0.15, -0.1) is 0 Å². The van der Waals surface area contributed by atoms with Crippen molar-refractivity contribution in [1.82, 2.24) is 9.88 Å². The zero-order valence-electron chi connectivity index (χ0n) is 14.0. The van der Waals surface area contributed by atoms with Gasteiger partial charge in [0.2, 0.25) is 5.91 Å². The first-order valence-electron chi connectivity index (χ1n) is 8.39. The van der Waals surface area contributed by atoms with E-state index in [1.807, 2.05) is 18.7 Å².